The van der Waals surface area contributed by atoms with Gasteiger partial charge in [0.25, 0.3) is 0 Å². The van der Waals surface area contributed by atoms with Gasteiger partial charge >= 0.3 is 0 Å². The van der Waals surface area contributed by atoms with E-state index in [1.807, 2.05) is 30.3 Å². The van der Waals surface area contributed by atoms with Crippen LogP contribution in [-0.4, -0.2) is 4.98 Å². The molecule has 1 heterocycles. The van der Waals surface area contributed by atoms with Crippen molar-refractivity contribution in [1.82, 2.24) is 4.98 Å². The van der Waals surface area contributed by atoms with Crippen molar-refractivity contribution in [3.05, 3.63) is 64.5 Å². The summed E-state index contributed by atoms with van der Waals surface area (Å²) in [5, 5.41) is 7.11. The minimum absolute atomic E-state index is 0.740. The Balaban J connectivity index is 1.83. The number of halogens is 1. The van der Waals surface area contributed by atoms with Crippen LogP contribution in [0.4, 0.5) is 10.8 Å². The molecular formula is C17H15ClN2S. The van der Waals surface area contributed by atoms with Gasteiger partial charge in [-0.1, -0.05) is 48.9 Å². The molecule has 0 amide bonds. The van der Waals surface area contributed by atoms with Crippen molar-refractivity contribution < 1.29 is 0 Å². The third kappa shape index (κ3) is 3.26. The molecule has 3 aromatic rings. The lowest BCUT2D eigenvalue weighted by molar-refractivity contribution is 1.14. The minimum atomic E-state index is 0.740. The lowest BCUT2D eigenvalue weighted by atomic mass is 10.1. The Morgan fingerprint density at radius 1 is 1.10 bits per heavy atom. The zero-order valence-electron chi connectivity index (χ0n) is 11.6. The van der Waals surface area contributed by atoms with Crippen molar-refractivity contribution in [2.45, 2.75) is 13.3 Å². The van der Waals surface area contributed by atoms with E-state index < -0.39 is 0 Å². The fraction of sp³-hybridized carbons (Fsp3) is 0.118. The molecule has 0 atom stereocenters. The molecule has 1 N–H and O–H groups in total. The van der Waals surface area contributed by atoms with Gasteiger partial charge in [0.05, 0.1) is 5.69 Å². The van der Waals surface area contributed by atoms with E-state index in [1.54, 1.807) is 11.3 Å². The normalized spacial score (nSPS) is 10.6. The number of hydrogen-bond donors (Lipinski definition) is 1. The molecule has 0 unspecified atom stereocenters. The van der Waals surface area contributed by atoms with Crippen molar-refractivity contribution in [2.24, 2.45) is 0 Å². The average molecular weight is 315 g/mol. The van der Waals surface area contributed by atoms with Crippen LogP contribution in [-0.2, 0) is 6.42 Å². The Labute approximate surface area is 133 Å². The summed E-state index contributed by atoms with van der Waals surface area (Å²) < 4.78 is 0. The maximum absolute atomic E-state index is 5.91. The second-order valence-corrected chi connectivity index (χ2v) is 5.98. The van der Waals surface area contributed by atoms with Crippen LogP contribution in [0.2, 0.25) is 5.02 Å². The van der Waals surface area contributed by atoms with E-state index in [9.17, 15) is 0 Å². The first-order valence-electron chi connectivity index (χ1n) is 6.82. The molecule has 4 heteroatoms. The van der Waals surface area contributed by atoms with E-state index >= 15 is 0 Å². The molecule has 1 aromatic heterocycles. The predicted molar refractivity (Wildman–Crippen MR) is 91.7 cm³/mol. The summed E-state index contributed by atoms with van der Waals surface area (Å²) in [5.41, 5.74) is 4.46. The van der Waals surface area contributed by atoms with Gasteiger partial charge in [0, 0.05) is 21.7 Å². The summed E-state index contributed by atoms with van der Waals surface area (Å²) in [6.07, 6.45) is 0.999. The molecule has 106 valence electrons. The third-order valence-corrected chi connectivity index (χ3v) is 4.29. The summed E-state index contributed by atoms with van der Waals surface area (Å²) in [7, 11) is 0. The smallest absolute Gasteiger partial charge is 0.187 e. The van der Waals surface area contributed by atoms with Crippen molar-refractivity contribution in [3.8, 4) is 11.3 Å². The Kier molecular flexibility index (Phi) is 4.23. The van der Waals surface area contributed by atoms with Gasteiger partial charge in [-0.15, -0.1) is 11.3 Å². The second kappa shape index (κ2) is 6.29. The highest BCUT2D eigenvalue weighted by Gasteiger charge is 2.06. The zero-order valence-corrected chi connectivity index (χ0v) is 13.2. The van der Waals surface area contributed by atoms with Crippen LogP contribution in [0.5, 0.6) is 0 Å². The van der Waals surface area contributed by atoms with Crippen LogP contribution in [0.25, 0.3) is 11.3 Å². The van der Waals surface area contributed by atoms with Gasteiger partial charge in [-0.2, -0.15) is 0 Å². The van der Waals surface area contributed by atoms with Crippen LogP contribution >= 0.6 is 22.9 Å². The molecule has 0 fully saturated rings. The molecule has 2 aromatic carbocycles. The van der Waals surface area contributed by atoms with Gasteiger partial charge in [0.1, 0.15) is 0 Å². The third-order valence-electron chi connectivity index (χ3n) is 3.28. The van der Waals surface area contributed by atoms with E-state index in [0.29, 0.717) is 0 Å². The quantitative estimate of drug-likeness (QED) is 0.661. The first-order valence-corrected chi connectivity index (χ1v) is 8.08. The molecular weight excluding hydrogens is 300 g/mol. The summed E-state index contributed by atoms with van der Waals surface area (Å²) in [6.45, 7) is 2.15. The number of hydrogen-bond acceptors (Lipinski definition) is 3. The number of aryl methyl sites for hydroxylation is 1. The maximum atomic E-state index is 5.91. The standard InChI is InChI=1S/C17H15ClN2S/c1-2-12-5-3-4-6-15(12)19-17-20-16(11-21-17)13-7-9-14(18)10-8-13/h3-11H,2H2,1H3,(H,19,20). The molecule has 0 radical (unpaired) electrons. The number of anilines is 2. The molecule has 0 saturated heterocycles. The monoisotopic (exact) mass is 314 g/mol. The SMILES string of the molecule is CCc1ccccc1Nc1nc(-c2ccc(Cl)cc2)cs1. The van der Waals surface area contributed by atoms with Crippen molar-refractivity contribution in [2.75, 3.05) is 5.32 Å². The summed E-state index contributed by atoms with van der Waals surface area (Å²) in [6, 6.07) is 16.1. The van der Waals surface area contributed by atoms with Gasteiger partial charge < -0.3 is 5.32 Å². The van der Waals surface area contributed by atoms with Crippen LogP contribution in [0.15, 0.2) is 53.9 Å². The molecule has 3 rings (SSSR count). The Bertz CT molecular complexity index is 735. The van der Waals surface area contributed by atoms with E-state index in [0.717, 1.165) is 33.5 Å². The molecule has 2 nitrogen and oxygen atoms in total. The second-order valence-electron chi connectivity index (χ2n) is 4.68. The molecule has 21 heavy (non-hydrogen) atoms. The van der Waals surface area contributed by atoms with Gasteiger partial charge in [0.15, 0.2) is 5.13 Å². The largest absolute Gasteiger partial charge is 0.331 e. The Morgan fingerprint density at radius 2 is 1.86 bits per heavy atom. The van der Waals surface area contributed by atoms with E-state index in [4.69, 9.17) is 11.6 Å². The van der Waals surface area contributed by atoms with Gasteiger partial charge in [-0.3, -0.25) is 0 Å². The number of thiazole rings is 1. The number of benzene rings is 2. The van der Waals surface area contributed by atoms with Crippen molar-refractivity contribution >= 4 is 33.8 Å². The van der Waals surface area contributed by atoms with E-state index in [2.05, 4.69) is 40.8 Å². The lowest BCUT2D eigenvalue weighted by Crippen LogP contribution is -1.94. The number of para-hydroxylation sites is 1. The Morgan fingerprint density at radius 3 is 2.62 bits per heavy atom. The van der Waals surface area contributed by atoms with Gasteiger partial charge in [-0.05, 0) is 30.2 Å². The highest BCUT2D eigenvalue weighted by atomic mass is 35.5. The number of rotatable bonds is 4. The fourth-order valence-corrected chi connectivity index (χ4v) is 3.01. The molecule has 0 aliphatic carbocycles. The van der Waals surface area contributed by atoms with Gasteiger partial charge in [0.2, 0.25) is 0 Å². The minimum Gasteiger partial charge on any atom is -0.331 e. The predicted octanol–water partition coefficient (Wildman–Crippen LogP) is 5.77. The molecule has 0 aliphatic rings. The Hall–Kier alpha value is -1.84. The van der Waals surface area contributed by atoms with Gasteiger partial charge in [-0.25, -0.2) is 4.98 Å². The van der Waals surface area contributed by atoms with Crippen LogP contribution in [0, 0.1) is 0 Å². The lowest BCUT2D eigenvalue weighted by Gasteiger charge is -2.07. The van der Waals surface area contributed by atoms with Crippen LogP contribution in [0.3, 0.4) is 0 Å². The van der Waals surface area contributed by atoms with E-state index in [-0.39, 0.29) is 0 Å². The first-order chi connectivity index (χ1) is 10.3. The van der Waals surface area contributed by atoms with Crippen LogP contribution < -0.4 is 5.32 Å². The maximum Gasteiger partial charge on any atom is 0.187 e. The number of nitrogens with one attached hydrogen (secondary N) is 1. The van der Waals surface area contributed by atoms with Crippen molar-refractivity contribution in [1.29, 1.82) is 0 Å². The molecule has 0 aliphatic heterocycles. The fourth-order valence-electron chi connectivity index (χ4n) is 2.15. The van der Waals surface area contributed by atoms with Crippen LogP contribution in [0.1, 0.15) is 12.5 Å². The average Bonchev–Trinajstić information content (AvgIpc) is 2.97. The highest BCUT2D eigenvalue weighted by molar-refractivity contribution is 7.14. The molecule has 0 bridgehead atoms. The summed E-state index contributed by atoms with van der Waals surface area (Å²) in [5.74, 6) is 0. The van der Waals surface area contributed by atoms with E-state index in [1.165, 1.54) is 5.56 Å². The highest BCUT2D eigenvalue weighted by Crippen LogP contribution is 2.29. The summed E-state index contributed by atoms with van der Waals surface area (Å²) in [4.78, 5) is 4.65. The van der Waals surface area contributed by atoms with Crippen molar-refractivity contribution in [3.63, 3.8) is 0 Å². The molecule has 0 saturated carbocycles. The topological polar surface area (TPSA) is 24.9 Å². The summed E-state index contributed by atoms with van der Waals surface area (Å²) >= 11 is 7.52. The number of aromatic nitrogens is 1. The number of nitrogens with zero attached hydrogens (tertiary/aromatic N) is 1. The first kappa shape index (κ1) is 14.1. The zero-order chi connectivity index (χ0) is 14.7. The molecule has 0 spiro atoms.